The number of ether oxygens (including phenoxy) is 1. The molecule has 0 aliphatic heterocycles. The van der Waals surface area contributed by atoms with E-state index in [1.165, 1.54) is 7.05 Å². The van der Waals surface area contributed by atoms with E-state index in [0.29, 0.717) is 11.3 Å². The van der Waals surface area contributed by atoms with Gasteiger partial charge in [-0.25, -0.2) is 0 Å². The molecule has 1 rings (SSSR count). The first-order chi connectivity index (χ1) is 7.54. The maximum absolute atomic E-state index is 11.2. The molecule has 0 aliphatic carbocycles. The fraction of sp³-hybridized carbons (Fsp3) is 0.417. The minimum atomic E-state index is -1.15. The van der Waals surface area contributed by atoms with Crippen LogP contribution < -0.4 is 10.1 Å². The molecule has 0 aromatic heterocycles. The number of hydrogen-bond donors (Lipinski definition) is 2. The molecule has 1 atom stereocenters. The van der Waals surface area contributed by atoms with Crippen molar-refractivity contribution in [3.63, 3.8) is 0 Å². The SMILES string of the molecule is CNC(=O)C(O)c1cccc(OC(C)C)c1. The highest BCUT2D eigenvalue weighted by atomic mass is 16.5. The van der Waals surface area contributed by atoms with E-state index in [-0.39, 0.29) is 6.10 Å². The second kappa shape index (κ2) is 5.51. The van der Waals surface area contributed by atoms with E-state index >= 15 is 0 Å². The number of hydrogen-bond acceptors (Lipinski definition) is 3. The lowest BCUT2D eigenvalue weighted by Gasteiger charge is -2.13. The summed E-state index contributed by atoms with van der Waals surface area (Å²) in [6.45, 7) is 3.84. The van der Waals surface area contributed by atoms with Crippen molar-refractivity contribution in [3.8, 4) is 5.75 Å². The number of aliphatic hydroxyl groups is 1. The van der Waals surface area contributed by atoms with Crippen LogP contribution in [0.1, 0.15) is 25.5 Å². The maximum atomic E-state index is 11.2. The molecule has 0 heterocycles. The van der Waals surface area contributed by atoms with Gasteiger partial charge in [-0.3, -0.25) is 4.79 Å². The molecule has 0 aliphatic rings. The van der Waals surface area contributed by atoms with Crippen LogP contribution in [0.3, 0.4) is 0 Å². The molecule has 0 bridgehead atoms. The minimum Gasteiger partial charge on any atom is -0.491 e. The van der Waals surface area contributed by atoms with Gasteiger partial charge in [-0.15, -0.1) is 0 Å². The lowest BCUT2D eigenvalue weighted by Crippen LogP contribution is -2.25. The van der Waals surface area contributed by atoms with Crippen molar-refractivity contribution in [2.24, 2.45) is 0 Å². The van der Waals surface area contributed by atoms with Crippen LogP contribution in [0.15, 0.2) is 24.3 Å². The lowest BCUT2D eigenvalue weighted by atomic mass is 10.1. The molecule has 1 amide bonds. The minimum absolute atomic E-state index is 0.0624. The summed E-state index contributed by atoms with van der Waals surface area (Å²) in [4.78, 5) is 11.2. The van der Waals surface area contributed by atoms with Gasteiger partial charge >= 0.3 is 0 Å². The third-order valence-corrected chi connectivity index (χ3v) is 2.04. The van der Waals surface area contributed by atoms with Crippen LogP contribution in [0.5, 0.6) is 5.75 Å². The Labute approximate surface area is 95.2 Å². The van der Waals surface area contributed by atoms with E-state index in [4.69, 9.17) is 4.74 Å². The van der Waals surface area contributed by atoms with Gasteiger partial charge in [0, 0.05) is 7.05 Å². The zero-order valence-corrected chi connectivity index (χ0v) is 9.73. The van der Waals surface area contributed by atoms with E-state index in [1.54, 1.807) is 24.3 Å². The molecule has 0 saturated heterocycles. The second-order valence-electron chi connectivity index (χ2n) is 3.76. The van der Waals surface area contributed by atoms with Crippen LogP contribution in [0.25, 0.3) is 0 Å². The number of nitrogens with one attached hydrogen (secondary N) is 1. The van der Waals surface area contributed by atoms with Gasteiger partial charge in [-0.05, 0) is 31.5 Å². The number of benzene rings is 1. The van der Waals surface area contributed by atoms with Crippen LogP contribution in [-0.4, -0.2) is 24.2 Å². The Bertz CT molecular complexity index is 363. The van der Waals surface area contributed by atoms with Gasteiger partial charge in [0.2, 0.25) is 0 Å². The first kappa shape index (κ1) is 12.5. The normalized spacial score (nSPS) is 12.3. The highest BCUT2D eigenvalue weighted by Gasteiger charge is 2.16. The molecule has 1 unspecified atom stereocenters. The molecule has 88 valence electrons. The summed E-state index contributed by atoms with van der Waals surface area (Å²) < 4.78 is 5.48. The highest BCUT2D eigenvalue weighted by Crippen LogP contribution is 2.20. The van der Waals surface area contributed by atoms with Crippen molar-refractivity contribution in [1.29, 1.82) is 0 Å². The standard InChI is InChI=1S/C12H17NO3/c1-8(2)16-10-6-4-5-9(7-10)11(14)12(15)13-3/h4-8,11,14H,1-3H3,(H,13,15). The fourth-order valence-electron chi connectivity index (χ4n) is 1.32. The Morgan fingerprint density at radius 1 is 1.44 bits per heavy atom. The van der Waals surface area contributed by atoms with Crippen molar-refractivity contribution in [1.82, 2.24) is 5.32 Å². The number of carbonyl (C=O) groups is 1. The number of amides is 1. The molecular formula is C12H17NO3. The van der Waals surface area contributed by atoms with Crippen molar-refractivity contribution in [2.45, 2.75) is 26.1 Å². The smallest absolute Gasteiger partial charge is 0.253 e. The molecule has 0 fully saturated rings. The Balaban J connectivity index is 2.85. The first-order valence-corrected chi connectivity index (χ1v) is 5.21. The van der Waals surface area contributed by atoms with Crippen LogP contribution in [0, 0.1) is 0 Å². The van der Waals surface area contributed by atoms with Gasteiger partial charge in [0.25, 0.3) is 5.91 Å². The summed E-state index contributed by atoms with van der Waals surface area (Å²) >= 11 is 0. The number of carbonyl (C=O) groups excluding carboxylic acids is 1. The molecule has 1 aromatic carbocycles. The van der Waals surface area contributed by atoms with Gasteiger partial charge in [-0.1, -0.05) is 12.1 Å². The van der Waals surface area contributed by atoms with Crippen molar-refractivity contribution in [2.75, 3.05) is 7.05 Å². The summed E-state index contributed by atoms with van der Waals surface area (Å²) in [5, 5.41) is 12.1. The van der Waals surface area contributed by atoms with Crippen molar-refractivity contribution in [3.05, 3.63) is 29.8 Å². The van der Waals surface area contributed by atoms with E-state index < -0.39 is 12.0 Å². The van der Waals surface area contributed by atoms with Crippen LogP contribution >= 0.6 is 0 Å². The third kappa shape index (κ3) is 3.24. The first-order valence-electron chi connectivity index (χ1n) is 5.21. The summed E-state index contributed by atoms with van der Waals surface area (Å²) in [6, 6.07) is 6.90. The summed E-state index contributed by atoms with van der Waals surface area (Å²) in [7, 11) is 1.49. The molecule has 1 aromatic rings. The predicted octanol–water partition coefficient (Wildman–Crippen LogP) is 1.25. The Morgan fingerprint density at radius 3 is 2.69 bits per heavy atom. The van der Waals surface area contributed by atoms with E-state index in [2.05, 4.69) is 5.32 Å². The van der Waals surface area contributed by atoms with Gasteiger partial charge < -0.3 is 15.2 Å². The highest BCUT2D eigenvalue weighted by molar-refractivity contribution is 5.81. The summed E-state index contributed by atoms with van der Waals surface area (Å²) in [5.41, 5.74) is 0.525. The van der Waals surface area contributed by atoms with E-state index in [9.17, 15) is 9.90 Å². The van der Waals surface area contributed by atoms with Crippen LogP contribution in [0.2, 0.25) is 0 Å². The fourth-order valence-corrected chi connectivity index (χ4v) is 1.32. The zero-order chi connectivity index (χ0) is 12.1. The third-order valence-electron chi connectivity index (χ3n) is 2.04. The van der Waals surface area contributed by atoms with Gasteiger partial charge in [0.1, 0.15) is 5.75 Å². The van der Waals surface area contributed by atoms with E-state index in [0.717, 1.165) is 0 Å². The van der Waals surface area contributed by atoms with Crippen LogP contribution in [0.4, 0.5) is 0 Å². The Hall–Kier alpha value is -1.55. The molecule has 0 saturated carbocycles. The molecule has 0 spiro atoms. The van der Waals surface area contributed by atoms with E-state index in [1.807, 2.05) is 13.8 Å². The van der Waals surface area contributed by atoms with Gasteiger partial charge in [0.05, 0.1) is 6.10 Å². The summed E-state index contributed by atoms with van der Waals surface area (Å²) in [5.74, 6) is 0.220. The molecule has 2 N–H and O–H groups in total. The molecular weight excluding hydrogens is 206 g/mol. The zero-order valence-electron chi connectivity index (χ0n) is 9.73. The van der Waals surface area contributed by atoms with Gasteiger partial charge in [0.15, 0.2) is 6.10 Å². The predicted molar refractivity (Wildman–Crippen MR) is 61.2 cm³/mol. The quantitative estimate of drug-likeness (QED) is 0.807. The molecule has 0 radical (unpaired) electrons. The number of aliphatic hydroxyl groups excluding tert-OH is 1. The number of likely N-dealkylation sites (N-methyl/N-ethyl adjacent to an activating group) is 1. The van der Waals surface area contributed by atoms with Crippen molar-refractivity contribution >= 4 is 5.91 Å². The monoisotopic (exact) mass is 223 g/mol. The topological polar surface area (TPSA) is 58.6 Å². The second-order valence-corrected chi connectivity index (χ2v) is 3.76. The van der Waals surface area contributed by atoms with Crippen molar-refractivity contribution < 1.29 is 14.6 Å². The molecule has 4 nitrogen and oxygen atoms in total. The lowest BCUT2D eigenvalue weighted by molar-refractivity contribution is -0.129. The molecule has 16 heavy (non-hydrogen) atoms. The largest absolute Gasteiger partial charge is 0.491 e. The molecule has 4 heteroatoms. The Kier molecular flexibility index (Phi) is 4.31. The average Bonchev–Trinajstić information content (AvgIpc) is 2.26. The average molecular weight is 223 g/mol. The maximum Gasteiger partial charge on any atom is 0.253 e. The van der Waals surface area contributed by atoms with Gasteiger partial charge in [-0.2, -0.15) is 0 Å². The Morgan fingerprint density at radius 2 is 2.12 bits per heavy atom. The van der Waals surface area contributed by atoms with Crippen LogP contribution in [-0.2, 0) is 4.79 Å². The number of rotatable bonds is 4. The summed E-state index contributed by atoms with van der Waals surface area (Å²) in [6.07, 6.45) is -1.09.